The van der Waals surface area contributed by atoms with Gasteiger partial charge in [0.25, 0.3) is 0 Å². The van der Waals surface area contributed by atoms with Gasteiger partial charge in [-0.2, -0.15) is 0 Å². The minimum absolute atomic E-state index is 0.212. The number of hydrogen-bond donors (Lipinski definition) is 1. The molecule has 1 N–H and O–H groups in total. The molecule has 0 spiro atoms. The molecule has 0 heterocycles. The lowest BCUT2D eigenvalue weighted by atomic mass is 10.1. The van der Waals surface area contributed by atoms with E-state index < -0.39 is 5.97 Å². The maximum absolute atomic E-state index is 10.4. The molecule has 2 aromatic rings. The van der Waals surface area contributed by atoms with Crippen LogP contribution in [-0.2, 0) is 4.79 Å². The minimum Gasteiger partial charge on any atom is -0.493 e. The summed E-state index contributed by atoms with van der Waals surface area (Å²) in [7, 11) is 3.26. The van der Waals surface area contributed by atoms with E-state index in [9.17, 15) is 4.79 Å². The summed E-state index contributed by atoms with van der Waals surface area (Å²) in [6.45, 7) is 0. The normalized spacial score (nSPS) is 11.4. The Hall–Kier alpha value is -2.75. The SMILES string of the molecule is COc1cc2ccc(C=CC=CCCCC(=O)O)cc2cc1OC. The molecule has 0 unspecified atom stereocenters. The second-order valence-corrected chi connectivity index (χ2v) is 5.39. The van der Waals surface area contributed by atoms with Crippen LogP contribution in [0.1, 0.15) is 24.8 Å². The van der Waals surface area contributed by atoms with Gasteiger partial charge in [0.05, 0.1) is 14.2 Å². The third-order valence-corrected chi connectivity index (χ3v) is 3.66. The molecular formula is C20H22O4. The van der Waals surface area contributed by atoms with E-state index in [1.54, 1.807) is 14.2 Å². The Bertz CT molecular complexity index is 760. The molecule has 0 aromatic heterocycles. The van der Waals surface area contributed by atoms with E-state index in [4.69, 9.17) is 14.6 Å². The van der Waals surface area contributed by atoms with E-state index >= 15 is 0 Å². The number of ether oxygens (including phenoxy) is 2. The number of rotatable bonds is 8. The number of carbonyl (C=O) groups is 1. The van der Waals surface area contributed by atoms with E-state index in [0.29, 0.717) is 12.2 Å². The Morgan fingerprint density at radius 2 is 1.75 bits per heavy atom. The second kappa shape index (κ2) is 8.77. The highest BCUT2D eigenvalue weighted by Crippen LogP contribution is 2.32. The molecule has 0 aliphatic rings. The average Bonchev–Trinajstić information content (AvgIpc) is 2.59. The van der Waals surface area contributed by atoms with Crippen LogP contribution in [0.2, 0.25) is 0 Å². The summed E-state index contributed by atoms with van der Waals surface area (Å²) in [5.74, 6) is 0.684. The molecular weight excluding hydrogens is 304 g/mol. The summed E-state index contributed by atoms with van der Waals surface area (Å²) in [6, 6.07) is 10.1. The molecule has 0 atom stereocenters. The highest BCUT2D eigenvalue weighted by atomic mass is 16.5. The molecule has 126 valence electrons. The molecule has 24 heavy (non-hydrogen) atoms. The number of unbranched alkanes of at least 4 members (excludes halogenated alkanes) is 1. The highest BCUT2D eigenvalue weighted by molar-refractivity contribution is 5.88. The number of fused-ring (bicyclic) bond motifs is 1. The zero-order valence-electron chi connectivity index (χ0n) is 14.0. The molecule has 0 aliphatic heterocycles. The van der Waals surface area contributed by atoms with Gasteiger partial charge in [0.1, 0.15) is 0 Å². The van der Waals surface area contributed by atoms with Crippen molar-refractivity contribution in [3.8, 4) is 11.5 Å². The summed E-state index contributed by atoms with van der Waals surface area (Å²) >= 11 is 0. The molecule has 0 bridgehead atoms. The summed E-state index contributed by atoms with van der Waals surface area (Å²) in [5.41, 5.74) is 1.09. The minimum atomic E-state index is -0.748. The van der Waals surface area contributed by atoms with Crippen molar-refractivity contribution in [2.75, 3.05) is 14.2 Å². The molecule has 0 radical (unpaired) electrons. The van der Waals surface area contributed by atoms with E-state index in [-0.39, 0.29) is 6.42 Å². The van der Waals surface area contributed by atoms with Crippen LogP contribution in [0.4, 0.5) is 0 Å². The smallest absolute Gasteiger partial charge is 0.303 e. The van der Waals surface area contributed by atoms with Crippen LogP contribution in [0, 0.1) is 0 Å². The largest absolute Gasteiger partial charge is 0.493 e. The molecule has 0 saturated carbocycles. The molecule has 0 saturated heterocycles. The number of benzene rings is 2. The van der Waals surface area contributed by atoms with Crippen LogP contribution in [0.15, 0.2) is 48.6 Å². The fraction of sp³-hybridized carbons (Fsp3) is 0.250. The first-order valence-corrected chi connectivity index (χ1v) is 7.85. The fourth-order valence-corrected chi connectivity index (χ4v) is 2.41. The Labute approximate surface area is 142 Å². The van der Waals surface area contributed by atoms with Crippen LogP contribution < -0.4 is 9.47 Å². The number of carboxylic acids is 1. The topological polar surface area (TPSA) is 55.8 Å². The van der Waals surface area contributed by atoms with Gasteiger partial charge in [-0.25, -0.2) is 0 Å². The monoisotopic (exact) mass is 326 g/mol. The van der Waals surface area contributed by atoms with Crippen LogP contribution >= 0.6 is 0 Å². The highest BCUT2D eigenvalue weighted by Gasteiger charge is 2.05. The Balaban J connectivity index is 2.06. The third-order valence-electron chi connectivity index (χ3n) is 3.66. The van der Waals surface area contributed by atoms with Gasteiger partial charge in [-0.3, -0.25) is 4.79 Å². The Kier molecular flexibility index (Phi) is 6.43. The lowest BCUT2D eigenvalue weighted by molar-refractivity contribution is -0.137. The van der Waals surface area contributed by atoms with Gasteiger partial charge >= 0.3 is 5.97 Å². The Morgan fingerprint density at radius 1 is 1.04 bits per heavy atom. The molecule has 0 aliphatic carbocycles. The summed E-state index contributed by atoms with van der Waals surface area (Å²) in [5, 5.41) is 10.7. The second-order valence-electron chi connectivity index (χ2n) is 5.39. The van der Waals surface area contributed by atoms with Crippen LogP contribution in [0.3, 0.4) is 0 Å². The summed E-state index contributed by atoms with van der Waals surface area (Å²) in [4.78, 5) is 10.4. The number of allylic oxidation sites excluding steroid dienone is 3. The lowest BCUT2D eigenvalue weighted by Crippen LogP contribution is -1.92. The van der Waals surface area contributed by atoms with Crippen molar-refractivity contribution < 1.29 is 19.4 Å². The van der Waals surface area contributed by atoms with Crippen molar-refractivity contribution in [1.82, 2.24) is 0 Å². The van der Waals surface area contributed by atoms with Gasteiger partial charge in [0.15, 0.2) is 11.5 Å². The van der Waals surface area contributed by atoms with Crippen molar-refractivity contribution in [2.24, 2.45) is 0 Å². The number of carboxylic acid groups (broad SMARTS) is 1. The number of hydrogen-bond acceptors (Lipinski definition) is 3. The first kappa shape index (κ1) is 17.6. The summed E-state index contributed by atoms with van der Waals surface area (Å²) in [6.07, 6.45) is 9.55. The lowest BCUT2D eigenvalue weighted by Gasteiger charge is -2.09. The van der Waals surface area contributed by atoms with Crippen molar-refractivity contribution in [1.29, 1.82) is 0 Å². The standard InChI is InChI=1S/C20H22O4/c1-23-18-13-16-11-10-15(12-17(16)14-19(18)24-2)8-6-4-3-5-7-9-20(21)22/h3-4,6,8,10-14H,5,7,9H2,1-2H3,(H,21,22). The van der Waals surface area contributed by atoms with Crippen molar-refractivity contribution in [3.05, 3.63) is 54.1 Å². The van der Waals surface area contributed by atoms with Gasteiger partial charge in [-0.05, 0) is 47.4 Å². The Morgan fingerprint density at radius 3 is 2.42 bits per heavy atom. The van der Waals surface area contributed by atoms with Crippen molar-refractivity contribution >= 4 is 22.8 Å². The molecule has 4 nitrogen and oxygen atoms in total. The summed E-state index contributed by atoms with van der Waals surface area (Å²) < 4.78 is 10.7. The molecule has 2 rings (SSSR count). The van der Waals surface area contributed by atoms with Crippen molar-refractivity contribution in [2.45, 2.75) is 19.3 Å². The van der Waals surface area contributed by atoms with E-state index in [0.717, 1.165) is 28.5 Å². The molecule has 4 heteroatoms. The van der Waals surface area contributed by atoms with E-state index in [2.05, 4.69) is 6.07 Å². The first-order valence-electron chi connectivity index (χ1n) is 7.85. The molecule has 0 fully saturated rings. The third kappa shape index (κ3) is 4.88. The molecule has 0 amide bonds. The zero-order valence-corrected chi connectivity index (χ0v) is 14.0. The van der Waals surface area contributed by atoms with Gasteiger partial charge in [-0.15, -0.1) is 0 Å². The molecule has 2 aromatic carbocycles. The quantitative estimate of drug-likeness (QED) is 0.565. The van der Waals surface area contributed by atoms with Crippen LogP contribution in [-0.4, -0.2) is 25.3 Å². The van der Waals surface area contributed by atoms with Gasteiger partial charge < -0.3 is 14.6 Å². The van der Waals surface area contributed by atoms with E-state index in [1.165, 1.54) is 0 Å². The number of methoxy groups -OCH3 is 2. The maximum atomic E-state index is 10.4. The first-order chi connectivity index (χ1) is 11.6. The van der Waals surface area contributed by atoms with Gasteiger partial charge in [0, 0.05) is 6.42 Å². The van der Waals surface area contributed by atoms with Crippen LogP contribution in [0.25, 0.3) is 16.8 Å². The zero-order chi connectivity index (χ0) is 17.4. The maximum Gasteiger partial charge on any atom is 0.303 e. The fourth-order valence-electron chi connectivity index (χ4n) is 2.41. The van der Waals surface area contributed by atoms with Crippen molar-refractivity contribution in [3.63, 3.8) is 0 Å². The number of aliphatic carboxylic acids is 1. The van der Waals surface area contributed by atoms with E-state index in [1.807, 2.05) is 48.6 Å². The van der Waals surface area contributed by atoms with Gasteiger partial charge in [0.2, 0.25) is 0 Å². The van der Waals surface area contributed by atoms with Gasteiger partial charge in [-0.1, -0.05) is 36.4 Å². The predicted octanol–water partition coefficient (Wildman–Crippen LogP) is 4.68. The predicted molar refractivity (Wildman–Crippen MR) is 96.7 cm³/mol. The van der Waals surface area contributed by atoms with Crippen LogP contribution in [0.5, 0.6) is 11.5 Å². The average molecular weight is 326 g/mol.